The van der Waals surface area contributed by atoms with E-state index < -0.39 is 0 Å². The maximum absolute atomic E-state index is 12.7. The van der Waals surface area contributed by atoms with Gasteiger partial charge in [-0.2, -0.15) is 0 Å². The molecule has 0 saturated heterocycles. The number of aryl methyl sites for hydroxylation is 2. The van der Waals surface area contributed by atoms with Crippen molar-refractivity contribution in [3.63, 3.8) is 0 Å². The Morgan fingerprint density at radius 1 is 0.444 bits per heavy atom. The third kappa shape index (κ3) is 11.7. The predicted molar refractivity (Wildman–Crippen MR) is 217 cm³/mol. The van der Waals surface area contributed by atoms with Gasteiger partial charge in [0, 0.05) is 12.8 Å². The minimum absolute atomic E-state index is 0.152. The van der Waals surface area contributed by atoms with Crippen molar-refractivity contribution < 1.29 is 29.3 Å². The van der Waals surface area contributed by atoms with Crippen LogP contribution in [0.1, 0.15) is 224 Å². The maximum atomic E-state index is 12.7. The van der Waals surface area contributed by atoms with Crippen LogP contribution in [0.4, 0.5) is 0 Å². The zero-order chi connectivity index (χ0) is 37.5. The molecule has 2 aromatic carbocycles. The van der Waals surface area contributed by atoms with Crippen molar-refractivity contribution in [2.45, 2.75) is 203 Å². The second-order valence-corrected chi connectivity index (χ2v) is 17.4. The quantitative estimate of drug-likeness (QED) is 0.124. The monoisotopic (exact) mass is 743 g/mol. The molecule has 4 fully saturated rings. The molecule has 0 spiro atoms. The van der Waals surface area contributed by atoms with Gasteiger partial charge in [0.1, 0.15) is 11.5 Å². The highest BCUT2D eigenvalue weighted by Gasteiger charge is 2.27. The molecule has 298 valence electrons. The standard InChI is InChI=1S/C48H70O6/c49-45(27-25-35-31-41(37-17-7-3-8-18-37)47(51)42(32-35)38-19-9-4-10-20-38)53-29-15-1-2-16-30-54-46(50)28-26-36-33-43(39-21-11-5-12-22-39)48(52)44(34-36)40-23-13-6-14-24-40/h31-34,37-40,51-52H,1-30H2. The molecule has 6 nitrogen and oxygen atoms in total. The molecule has 0 bridgehead atoms. The zero-order valence-corrected chi connectivity index (χ0v) is 33.4. The molecule has 0 unspecified atom stereocenters. The van der Waals surface area contributed by atoms with E-state index in [0.29, 0.717) is 74.1 Å². The first-order valence-corrected chi connectivity index (χ1v) is 22.5. The molecule has 0 aromatic heterocycles. The van der Waals surface area contributed by atoms with E-state index >= 15 is 0 Å². The molecule has 0 radical (unpaired) electrons. The summed E-state index contributed by atoms with van der Waals surface area (Å²) in [4.78, 5) is 25.4. The van der Waals surface area contributed by atoms with Gasteiger partial charge >= 0.3 is 11.9 Å². The van der Waals surface area contributed by atoms with Gasteiger partial charge in [-0.1, -0.05) is 101 Å². The average Bonchev–Trinajstić information content (AvgIpc) is 3.22. The van der Waals surface area contributed by atoms with Gasteiger partial charge in [0.15, 0.2) is 0 Å². The summed E-state index contributed by atoms with van der Waals surface area (Å²) in [5.41, 5.74) is 6.81. The van der Waals surface area contributed by atoms with Crippen molar-refractivity contribution in [3.8, 4) is 11.5 Å². The largest absolute Gasteiger partial charge is 0.507 e. The van der Waals surface area contributed by atoms with Crippen LogP contribution in [0.25, 0.3) is 0 Å². The Labute approximate surface area is 326 Å². The summed E-state index contributed by atoms with van der Waals surface area (Å²) in [6.45, 7) is 0.848. The normalized spacial score (nSPS) is 19.5. The third-order valence-electron chi connectivity index (χ3n) is 13.4. The molecule has 4 aliphatic carbocycles. The molecule has 4 saturated carbocycles. The summed E-state index contributed by atoms with van der Waals surface area (Å²) in [6.07, 6.45) is 29.7. The second kappa shape index (κ2) is 21.3. The van der Waals surface area contributed by atoms with E-state index in [0.717, 1.165) is 110 Å². The Balaban J connectivity index is 0.878. The molecule has 0 aliphatic heterocycles. The van der Waals surface area contributed by atoms with Crippen LogP contribution in [0, 0.1) is 0 Å². The van der Waals surface area contributed by atoms with E-state index in [4.69, 9.17) is 9.47 Å². The van der Waals surface area contributed by atoms with Crippen LogP contribution in [-0.2, 0) is 31.9 Å². The Hall–Kier alpha value is -3.02. The number of carbonyl (C=O) groups excluding carboxylic acids is 2. The van der Waals surface area contributed by atoms with Crippen LogP contribution >= 0.6 is 0 Å². The van der Waals surface area contributed by atoms with E-state index in [1.165, 1.54) is 77.0 Å². The Morgan fingerprint density at radius 3 is 1.00 bits per heavy atom. The highest BCUT2D eigenvalue weighted by Crippen LogP contribution is 2.46. The molecular weight excluding hydrogens is 673 g/mol. The summed E-state index contributed by atoms with van der Waals surface area (Å²) in [6, 6.07) is 8.75. The molecule has 0 atom stereocenters. The third-order valence-corrected chi connectivity index (χ3v) is 13.4. The summed E-state index contributed by atoms with van der Waals surface area (Å²) >= 11 is 0. The number of unbranched alkanes of at least 4 members (excludes halogenated alkanes) is 3. The lowest BCUT2D eigenvalue weighted by Crippen LogP contribution is -2.11. The number of hydrogen-bond donors (Lipinski definition) is 2. The Kier molecular flexibility index (Phi) is 16.1. The fraction of sp³-hybridized carbons (Fsp3) is 0.708. The van der Waals surface area contributed by atoms with Crippen LogP contribution in [0.5, 0.6) is 11.5 Å². The van der Waals surface area contributed by atoms with Gasteiger partial charge in [0.05, 0.1) is 13.2 Å². The molecule has 54 heavy (non-hydrogen) atoms. The van der Waals surface area contributed by atoms with Gasteiger partial charge in [-0.05, 0) is 147 Å². The van der Waals surface area contributed by atoms with Gasteiger partial charge in [-0.3, -0.25) is 9.59 Å². The number of benzene rings is 2. The van der Waals surface area contributed by atoms with Crippen molar-refractivity contribution in [3.05, 3.63) is 57.6 Å². The van der Waals surface area contributed by atoms with Crippen molar-refractivity contribution in [2.24, 2.45) is 0 Å². The number of carbonyl (C=O) groups is 2. The number of phenols is 2. The fourth-order valence-corrected chi connectivity index (χ4v) is 10.2. The van der Waals surface area contributed by atoms with E-state index in [1.807, 2.05) is 0 Å². The minimum Gasteiger partial charge on any atom is -0.507 e. The zero-order valence-electron chi connectivity index (χ0n) is 33.4. The predicted octanol–water partition coefficient (Wildman–Crippen LogP) is 12.5. The van der Waals surface area contributed by atoms with Crippen molar-refractivity contribution in [1.82, 2.24) is 0 Å². The Bertz CT molecular complexity index is 1280. The topological polar surface area (TPSA) is 93.1 Å². The molecule has 2 aromatic rings. The fourth-order valence-electron chi connectivity index (χ4n) is 10.2. The highest BCUT2D eigenvalue weighted by molar-refractivity contribution is 5.70. The lowest BCUT2D eigenvalue weighted by Gasteiger charge is -2.28. The van der Waals surface area contributed by atoms with Gasteiger partial charge in [0.2, 0.25) is 0 Å². The van der Waals surface area contributed by atoms with Crippen LogP contribution in [0.2, 0.25) is 0 Å². The van der Waals surface area contributed by atoms with Gasteiger partial charge in [-0.15, -0.1) is 0 Å². The SMILES string of the molecule is O=C(CCc1cc(C2CCCCC2)c(O)c(C2CCCCC2)c1)OCCCCCCOC(=O)CCc1cc(C2CCCCC2)c(O)c(C2CCCCC2)c1. The molecule has 4 aliphatic rings. The van der Waals surface area contributed by atoms with E-state index in [9.17, 15) is 19.8 Å². The number of rotatable bonds is 17. The first-order valence-electron chi connectivity index (χ1n) is 22.5. The molecule has 6 rings (SSSR count). The molecular formula is C48H70O6. The molecule has 0 heterocycles. The minimum atomic E-state index is -0.152. The summed E-state index contributed by atoms with van der Waals surface area (Å²) in [5, 5.41) is 22.8. The maximum Gasteiger partial charge on any atom is 0.306 e. The number of hydrogen-bond acceptors (Lipinski definition) is 6. The van der Waals surface area contributed by atoms with E-state index in [1.54, 1.807) is 0 Å². The summed E-state index contributed by atoms with van der Waals surface area (Å²) in [7, 11) is 0. The average molecular weight is 743 g/mol. The first-order chi connectivity index (χ1) is 26.5. The van der Waals surface area contributed by atoms with Gasteiger partial charge in [-0.25, -0.2) is 0 Å². The lowest BCUT2D eigenvalue weighted by molar-refractivity contribution is -0.145. The number of ether oxygens (including phenoxy) is 2. The Morgan fingerprint density at radius 2 is 0.722 bits per heavy atom. The lowest BCUT2D eigenvalue weighted by atomic mass is 9.78. The molecule has 2 N–H and O–H groups in total. The molecule has 0 amide bonds. The molecule has 6 heteroatoms. The first kappa shape index (κ1) is 40.6. The number of esters is 2. The van der Waals surface area contributed by atoms with Crippen LogP contribution in [0.15, 0.2) is 24.3 Å². The second-order valence-electron chi connectivity index (χ2n) is 17.4. The summed E-state index contributed by atoms with van der Waals surface area (Å²) in [5.74, 6) is 2.49. The van der Waals surface area contributed by atoms with Gasteiger partial charge in [0.25, 0.3) is 0 Å². The van der Waals surface area contributed by atoms with Crippen LogP contribution in [-0.4, -0.2) is 35.4 Å². The summed E-state index contributed by atoms with van der Waals surface area (Å²) < 4.78 is 11.2. The highest BCUT2D eigenvalue weighted by atomic mass is 16.5. The smallest absolute Gasteiger partial charge is 0.306 e. The van der Waals surface area contributed by atoms with Crippen LogP contribution < -0.4 is 0 Å². The van der Waals surface area contributed by atoms with Crippen molar-refractivity contribution in [2.75, 3.05) is 13.2 Å². The number of aromatic hydroxyl groups is 2. The van der Waals surface area contributed by atoms with Gasteiger partial charge < -0.3 is 19.7 Å². The number of phenolic OH excluding ortho intramolecular Hbond substituents is 2. The van der Waals surface area contributed by atoms with Crippen molar-refractivity contribution in [1.29, 1.82) is 0 Å². The van der Waals surface area contributed by atoms with Crippen molar-refractivity contribution >= 4 is 11.9 Å². The van der Waals surface area contributed by atoms with E-state index in [-0.39, 0.29) is 11.9 Å². The van der Waals surface area contributed by atoms with Crippen LogP contribution in [0.3, 0.4) is 0 Å². The van der Waals surface area contributed by atoms with E-state index in [2.05, 4.69) is 24.3 Å².